The number of nitrogens with two attached hydrogens (primary N) is 1. The quantitative estimate of drug-likeness (QED) is 0.751. The smallest absolute Gasteiger partial charge is 0.295 e. The van der Waals surface area contributed by atoms with Gasteiger partial charge in [0.05, 0.1) is 6.26 Å². The molecule has 1 atom stereocenters. The van der Waals surface area contributed by atoms with Crippen molar-refractivity contribution in [2.24, 2.45) is 5.73 Å². The molecule has 1 unspecified atom stereocenters. The summed E-state index contributed by atoms with van der Waals surface area (Å²) in [5, 5.41) is 8.46. The van der Waals surface area contributed by atoms with Gasteiger partial charge in [-0.15, -0.1) is 0 Å². The van der Waals surface area contributed by atoms with E-state index >= 15 is 0 Å². The second-order valence-corrected chi connectivity index (χ2v) is 3.04. The summed E-state index contributed by atoms with van der Waals surface area (Å²) in [6.45, 7) is -0.192. The van der Waals surface area contributed by atoms with Crippen LogP contribution in [0.4, 0.5) is 8.78 Å². The molecular weight excluding hydrogens is 180 g/mol. The van der Waals surface area contributed by atoms with Gasteiger partial charge in [0.25, 0.3) is 5.92 Å². The normalized spacial score (nSPS) is 17.0. The zero-order valence-electron chi connectivity index (χ0n) is 7.13. The largest absolute Gasteiger partial charge is 0.467 e. The fourth-order valence-corrected chi connectivity index (χ4v) is 0.919. The van der Waals surface area contributed by atoms with Crippen molar-refractivity contribution in [1.82, 2.24) is 0 Å². The summed E-state index contributed by atoms with van der Waals surface area (Å²) in [6, 6.07) is 2.82. The van der Waals surface area contributed by atoms with E-state index in [0.717, 1.165) is 6.92 Å². The van der Waals surface area contributed by atoms with Gasteiger partial charge in [0.1, 0.15) is 17.9 Å². The molecule has 1 aromatic rings. The van der Waals surface area contributed by atoms with Crippen molar-refractivity contribution >= 4 is 0 Å². The lowest BCUT2D eigenvalue weighted by atomic mass is 9.92. The predicted molar refractivity (Wildman–Crippen MR) is 42.3 cm³/mol. The Labute approximate surface area is 74.2 Å². The van der Waals surface area contributed by atoms with E-state index < -0.39 is 18.1 Å². The number of alkyl halides is 2. The van der Waals surface area contributed by atoms with Gasteiger partial charge in [0.15, 0.2) is 0 Å². The summed E-state index contributed by atoms with van der Waals surface area (Å²) < 4.78 is 30.9. The van der Waals surface area contributed by atoms with E-state index in [1.807, 2.05) is 0 Å². The summed E-state index contributed by atoms with van der Waals surface area (Å²) in [7, 11) is 0. The molecule has 1 heterocycles. The summed E-state index contributed by atoms with van der Waals surface area (Å²) in [6.07, 6.45) is 1.26. The van der Waals surface area contributed by atoms with Crippen LogP contribution in [0.15, 0.2) is 22.8 Å². The van der Waals surface area contributed by atoms with Crippen LogP contribution in [-0.2, 0) is 5.54 Å². The van der Waals surface area contributed by atoms with E-state index in [0.29, 0.717) is 0 Å². The fraction of sp³-hybridized carbons (Fsp3) is 0.500. The molecule has 5 heteroatoms. The number of aliphatic hydroxyl groups excluding tert-OH is 1. The Hall–Kier alpha value is -0.940. The first-order chi connectivity index (χ1) is 5.92. The third-order valence-corrected chi connectivity index (χ3v) is 1.99. The van der Waals surface area contributed by atoms with Crippen LogP contribution in [0.3, 0.4) is 0 Å². The first kappa shape index (κ1) is 10.1. The first-order valence-electron chi connectivity index (χ1n) is 3.73. The summed E-state index contributed by atoms with van der Waals surface area (Å²) in [5.41, 5.74) is 3.39. The van der Waals surface area contributed by atoms with Gasteiger partial charge in [0.2, 0.25) is 0 Å². The molecular formula is C8H11F2NO2. The molecule has 1 aromatic heterocycles. The molecule has 0 saturated carbocycles. The zero-order chi connectivity index (χ0) is 10.1. The Morgan fingerprint density at radius 3 is 2.62 bits per heavy atom. The van der Waals surface area contributed by atoms with Gasteiger partial charge in [-0.3, -0.25) is 0 Å². The second kappa shape index (κ2) is 3.08. The van der Waals surface area contributed by atoms with Crippen LogP contribution in [0, 0.1) is 0 Å². The lowest BCUT2D eigenvalue weighted by Crippen LogP contribution is -2.52. The molecule has 0 bridgehead atoms. The molecule has 0 aliphatic heterocycles. The van der Waals surface area contributed by atoms with Gasteiger partial charge in [-0.05, 0) is 19.1 Å². The molecule has 0 saturated heterocycles. The SMILES string of the molecule is CC(N)(c1ccco1)C(F)(F)CO. The van der Waals surface area contributed by atoms with Gasteiger partial charge in [0, 0.05) is 0 Å². The van der Waals surface area contributed by atoms with E-state index in [1.165, 1.54) is 18.4 Å². The molecule has 1 rings (SSSR count). The monoisotopic (exact) mass is 191 g/mol. The van der Waals surface area contributed by atoms with Gasteiger partial charge in [-0.2, -0.15) is 0 Å². The maximum atomic E-state index is 13.1. The topological polar surface area (TPSA) is 59.4 Å². The number of halogens is 2. The van der Waals surface area contributed by atoms with Crippen LogP contribution >= 0.6 is 0 Å². The van der Waals surface area contributed by atoms with Crippen LogP contribution in [0.2, 0.25) is 0 Å². The van der Waals surface area contributed by atoms with E-state index in [9.17, 15) is 8.78 Å². The Morgan fingerprint density at radius 1 is 1.62 bits per heavy atom. The third kappa shape index (κ3) is 1.57. The molecule has 13 heavy (non-hydrogen) atoms. The minimum atomic E-state index is -3.40. The fourth-order valence-electron chi connectivity index (χ4n) is 0.919. The van der Waals surface area contributed by atoms with E-state index in [4.69, 9.17) is 15.3 Å². The molecule has 0 radical (unpaired) electrons. The van der Waals surface area contributed by atoms with Crippen molar-refractivity contribution in [3.05, 3.63) is 24.2 Å². The van der Waals surface area contributed by atoms with Crippen molar-refractivity contribution in [2.75, 3.05) is 6.61 Å². The number of rotatable bonds is 3. The van der Waals surface area contributed by atoms with Crippen LogP contribution < -0.4 is 5.73 Å². The van der Waals surface area contributed by atoms with Crippen molar-refractivity contribution in [2.45, 2.75) is 18.4 Å². The van der Waals surface area contributed by atoms with Crippen LogP contribution in [-0.4, -0.2) is 17.6 Å². The number of hydrogen-bond donors (Lipinski definition) is 2. The summed E-state index contributed by atoms with van der Waals surface area (Å²) in [5.74, 6) is -3.45. The Balaban J connectivity index is 3.02. The molecule has 3 nitrogen and oxygen atoms in total. The summed E-state index contributed by atoms with van der Waals surface area (Å²) >= 11 is 0. The number of hydrogen-bond acceptors (Lipinski definition) is 3. The average Bonchev–Trinajstić information content (AvgIpc) is 2.56. The van der Waals surface area contributed by atoms with Gasteiger partial charge >= 0.3 is 0 Å². The van der Waals surface area contributed by atoms with Crippen molar-refractivity contribution in [3.63, 3.8) is 0 Å². The number of aliphatic hydroxyl groups is 1. The average molecular weight is 191 g/mol. The van der Waals surface area contributed by atoms with Gasteiger partial charge in [-0.1, -0.05) is 0 Å². The lowest BCUT2D eigenvalue weighted by molar-refractivity contribution is -0.114. The maximum Gasteiger partial charge on any atom is 0.295 e. The molecule has 0 aromatic carbocycles. The van der Waals surface area contributed by atoms with Crippen LogP contribution in [0.5, 0.6) is 0 Å². The van der Waals surface area contributed by atoms with Gasteiger partial charge in [-0.25, -0.2) is 8.78 Å². The molecule has 3 N–H and O–H groups in total. The minimum absolute atomic E-state index is 0.0495. The highest BCUT2D eigenvalue weighted by molar-refractivity contribution is 5.15. The standard InChI is InChI=1S/C8H11F2NO2/c1-7(11,8(9,10)5-12)6-3-2-4-13-6/h2-4,12H,5,11H2,1H3. The second-order valence-electron chi connectivity index (χ2n) is 3.04. The number of furan rings is 1. The molecule has 0 spiro atoms. The van der Waals surface area contributed by atoms with Crippen molar-refractivity contribution in [3.8, 4) is 0 Å². The van der Waals surface area contributed by atoms with Crippen LogP contribution in [0.25, 0.3) is 0 Å². The molecule has 74 valence electrons. The minimum Gasteiger partial charge on any atom is -0.467 e. The Morgan fingerprint density at radius 2 is 2.23 bits per heavy atom. The third-order valence-electron chi connectivity index (χ3n) is 1.99. The lowest BCUT2D eigenvalue weighted by Gasteiger charge is -2.30. The molecule has 0 aliphatic carbocycles. The van der Waals surface area contributed by atoms with Gasteiger partial charge < -0.3 is 15.3 Å². The molecule has 0 amide bonds. The summed E-state index contributed by atoms with van der Waals surface area (Å²) in [4.78, 5) is 0. The van der Waals surface area contributed by atoms with Crippen molar-refractivity contribution in [1.29, 1.82) is 0 Å². The van der Waals surface area contributed by atoms with Crippen molar-refractivity contribution < 1.29 is 18.3 Å². The molecule has 0 fully saturated rings. The highest BCUT2D eigenvalue weighted by atomic mass is 19.3. The van der Waals surface area contributed by atoms with Crippen LogP contribution in [0.1, 0.15) is 12.7 Å². The predicted octanol–water partition coefficient (Wildman–Crippen LogP) is 1.08. The van der Waals surface area contributed by atoms with E-state index in [-0.39, 0.29) is 5.76 Å². The first-order valence-corrected chi connectivity index (χ1v) is 3.73. The zero-order valence-corrected chi connectivity index (χ0v) is 7.13. The maximum absolute atomic E-state index is 13.1. The van der Waals surface area contributed by atoms with E-state index in [2.05, 4.69) is 0 Å². The van der Waals surface area contributed by atoms with E-state index in [1.54, 1.807) is 0 Å². The molecule has 0 aliphatic rings. The Kier molecular flexibility index (Phi) is 2.40. The highest BCUT2D eigenvalue weighted by Crippen LogP contribution is 2.34. The highest BCUT2D eigenvalue weighted by Gasteiger charge is 2.50. The Bertz CT molecular complexity index is 270.